The Labute approximate surface area is 105 Å². The van der Waals surface area contributed by atoms with E-state index in [4.69, 9.17) is 11.3 Å². The first-order chi connectivity index (χ1) is 8.70. The van der Waals surface area contributed by atoms with Crippen LogP contribution in [0.3, 0.4) is 0 Å². The zero-order chi connectivity index (χ0) is 13.0. The fraction of sp³-hybridized carbons (Fsp3) is 0.308. The molecule has 0 aliphatic carbocycles. The Balaban J connectivity index is 1.87. The lowest BCUT2D eigenvalue weighted by Crippen LogP contribution is -2.29. The number of hydrogen-bond acceptors (Lipinski definition) is 3. The van der Waals surface area contributed by atoms with E-state index in [1.54, 1.807) is 0 Å². The van der Waals surface area contributed by atoms with Gasteiger partial charge in [-0.05, 0) is 5.56 Å². The molecule has 0 N–H and O–H groups in total. The Morgan fingerprint density at radius 2 is 2.17 bits per heavy atom. The molecule has 1 fully saturated rings. The van der Waals surface area contributed by atoms with Gasteiger partial charge in [-0.3, -0.25) is 9.69 Å². The van der Waals surface area contributed by atoms with Gasteiger partial charge >= 0.3 is 6.09 Å². The van der Waals surface area contributed by atoms with Gasteiger partial charge in [0.2, 0.25) is 5.78 Å². The molecule has 1 heterocycles. The second-order valence-electron chi connectivity index (χ2n) is 4.03. The number of nitrogens with zero attached hydrogens (tertiary/aromatic N) is 2. The number of ether oxygens (including phenoxy) is 1. The lowest BCUT2D eigenvalue weighted by atomic mass is 10.2. The summed E-state index contributed by atoms with van der Waals surface area (Å²) >= 11 is 0. The molecule has 5 heteroatoms. The SMILES string of the molecule is [C-]#[N+]C1CN(C(=O)OCc2ccccc2)CC1=O. The quantitative estimate of drug-likeness (QED) is 0.741. The van der Waals surface area contributed by atoms with Crippen molar-refractivity contribution in [3.05, 3.63) is 47.3 Å². The van der Waals surface area contributed by atoms with Crippen LogP contribution < -0.4 is 0 Å². The number of Topliss-reactive ketones (excluding diaryl/α,β-unsaturated/α-hetero) is 1. The molecular weight excluding hydrogens is 232 g/mol. The Morgan fingerprint density at radius 1 is 1.44 bits per heavy atom. The fourth-order valence-electron chi connectivity index (χ4n) is 1.73. The maximum atomic E-state index is 11.7. The summed E-state index contributed by atoms with van der Waals surface area (Å²) in [6.07, 6.45) is -0.543. The minimum absolute atomic E-state index is 0.0271. The highest BCUT2D eigenvalue weighted by Crippen LogP contribution is 2.11. The van der Waals surface area contributed by atoms with Crippen molar-refractivity contribution in [1.82, 2.24) is 4.90 Å². The molecule has 1 saturated heterocycles. The summed E-state index contributed by atoms with van der Waals surface area (Å²) < 4.78 is 5.09. The highest BCUT2D eigenvalue weighted by atomic mass is 16.6. The average Bonchev–Trinajstić information content (AvgIpc) is 2.78. The highest BCUT2D eigenvalue weighted by molar-refractivity contribution is 5.93. The van der Waals surface area contributed by atoms with Gasteiger partial charge in [-0.1, -0.05) is 30.3 Å². The van der Waals surface area contributed by atoms with Crippen molar-refractivity contribution in [3.8, 4) is 0 Å². The van der Waals surface area contributed by atoms with E-state index in [1.807, 2.05) is 30.3 Å². The smallest absolute Gasteiger partial charge is 0.410 e. The molecule has 92 valence electrons. The molecule has 2 rings (SSSR count). The lowest BCUT2D eigenvalue weighted by Gasteiger charge is -2.13. The molecular formula is C13H12N2O3. The predicted octanol–water partition coefficient (Wildman–Crippen LogP) is 1.50. The normalized spacial score (nSPS) is 18.5. The van der Waals surface area contributed by atoms with Crippen LogP contribution >= 0.6 is 0 Å². The van der Waals surface area contributed by atoms with E-state index < -0.39 is 12.1 Å². The second kappa shape index (κ2) is 5.32. The largest absolute Gasteiger partial charge is 0.445 e. The third-order valence-electron chi connectivity index (χ3n) is 2.73. The summed E-state index contributed by atoms with van der Waals surface area (Å²) in [4.78, 5) is 27.4. The van der Waals surface area contributed by atoms with E-state index in [0.717, 1.165) is 5.56 Å². The van der Waals surface area contributed by atoms with Crippen LogP contribution in [0.25, 0.3) is 4.85 Å². The number of likely N-dealkylation sites (tertiary alicyclic amines) is 1. The van der Waals surface area contributed by atoms with Crippen molar-refractivity contribution in [2.45, 2.75) is 12.6 Å². The van der Waals surface area contributed by atoms with E-state index >= 15 is 0 Å². The Kier molecular flexibility index (Phi) is 3.58. The molecule has 1 aliphatic rings. The first kappa shape index (κ1) is 12.1. The Morgan fingerprint density at radius 3 is 2.78 bits per heavy atom. The van der Waals surface area contributed by atoms with Gasteiger partial charge in [0, 0.05) is 0 Å². The van der Waals surface area contributed by atoms with E-state index in [-0.39, 0.29) is 25.5 Å². The molecule has 18 heavy (non-hydrogen) atoms. The summed E-state index contributed by atoms with van der Waals surface area (Å²) in [7, 11) is 0. The summed E-state index contributed by atoms with van der Waals surface area (Å²) in [5, 5.41) is 0. The molecule has 0 bridgehead atoms. The van der Waals surface area contributed by atoms with Crippen molar-refractivity contribution in [2.75, 3.05) is 13.1 Å². The van der Waals surface area contributed by atoms with E-state index in [0.29, 0.717) is 0 Å². The standard InChI is InChI=1S/C13H12N2O3/c1-14-11-7-15(8-12(11)16)13(17)18-9-10-5-3-2-4-6-10/h2-6,11H,7-9H2. The molecule has 1 atom stereocenters. The topological polar surface area (TPSA) is 51.0 Å². The number of benzene rings is 1. The zero-order valence-electron chi connectivity index (χ0n) is 9.70. The van der Waals surface area contributed by atoms with Gasteiger partial charge in [-0.15, -0.1) is 0 Å². The van der Waals surface area contributed by atoms with Crippen molar-refractivity contribution in [2.24, 2.45) is 0 Å². The monoisotopic (exact) mass is 244 g/mol. The molecule has 1 amide bonds. The Hall–Kier alpha value is -2.35. The van der Waals surface area contributed by atoms with Gasteiger partial charge in [0.05, 0.1) is 6.54 Å². The van der Waals surface area contributed by atoms with Gasteiger partial charge in [-0.25, -0.2) is 11.4 Å². The number of rotatable bonds is 2. The molecule has 5 nitrogen and oxygen atoms in total. The van der Waals surface area contributed by atoms with Gasteiger partial charge < -0.3 is 9.58 Å². The molecule has 0 radical (unpaired) electrons. The van der Waals surface area contributed by atoms with Crippen molar-refractivity contribution in [1.29, 1.82) is 0 Å². The minimum atomic E-state index is -0.728. The van der Waals surface area contributed by atoms with Crippen molar-refractivity contribution >= 4 is 11.9 Å². The molecule has 0 saturated carbocycles. The van der Waals surface area contributed by atoms with Crippen molar-refractivity contribution < 1.29 is 14.3 Å². The molecule has 1 unspecified atom stereocenters. The molecule has 0 aromatic heterocycles. The number of amides is 1. The van der Waals surface area contributed by atoms with Gasteiger partial charge in [0.15, 0.2) is 0 Å². The highest BCUT2D eigenvalue weighted by Gasteiger charge is 2.38. The minimum Gasteiger partial charge on any atom is -0.445 e. The van der Waals surface area contributed by atoms with E-state index in [1.165, 1.54) is 4.90 Å². The third kappa shape index (κ3) is 2.66. The van der Waals surface area contributed by atoms with Gasteiger partial charge in [-0.2, -0.15) is 0 Å². The second-order valence-corrected chi connectivity index (χ2v) is 4.03. The average molecular weight is 244 g/mol. The zero-order valence-corrected chi connectivity index (χ0v) is 9.70. The first-order valence-corrected chi connectivity index (χ1v) is 5.55. The van der Waals surface area contributed by atoms with E-state index in [9.17, 15) is 9.59 Å². The van der Waals surface area contributed by atoms with Crippen LogP contribution in [-0.2, 0) is 16.1 Å². The van der Waals surface area contributed by atoms with E-state index in [2.05, 4.69) is 4.85 Å². The summed E-state index contributed by atoms with van der Waals surface area (Å²) in [6.45, 7) is 7.10. The van der Waals surface area contributed by atoms with Crippen LogP contribution in [-0.4, -0.2) is 35.9 Å². The van der Waals surface area contributed by atoms with Crippen LogP contribution in [0.5, 0.6) is 0 Å². The summed E-state index contributed by atoms with van der Waals surface area (Å²) in [6, 6.07) is 8.57. The summed E-state index contributed by atoms with van der Waals surface area (Å²) in [5.41, 5.74) is 0.887. The number of carbonyl (C=O) groups is 2. The van der Waals surface area contributed by atoms with Gasteiger partial charge in [0.1, 0.15) is 13.2 Å². The van der Waals surface area contributed by atoms with Crippen LogP contribution in [0.2, 0.25) is 0 Å². The molecule has 1 aromatic rings. The maximum Gasteiger partial charge on any atom is 0.410 e. The molecule has 1 aliphatic heterocycles. The maximum absolute atomic E-state index is 11.7. The number of hydrogen-bond donors (Lipinski definition) is 0. The summed E-state index contributed by atoms with van der Waals surface area (Å²) in [5.74, 6) is -0.221. The first-order valence-electron chi connectivity index (χ1n) is 5.55. The van der Waals surface area contributed by atoms with Gasteiger partial charge in [0.25, 0.3) is 6.04 Å². The van der Waals surface area contributed by atoms with Crippen LogP contribution in [0, 0.1) is 6.57 Å². The van der Waals surface area contributed by atoms with Crippen LogP contribution in [0.4, 0.5) is 4.79 Å². The van der Waals surface area contributed by atoms with Crippen molar-refractivity contribution in [3.63, 3.8) is 0 Å². The number of carbonyl (C=O) groups excluding carboxylic acids is 2. The molecule has 1 aromatic carbocycles. The van der Waals surface area contributed by atoms with Crippen LogP contribution in [0.1, 0.15) is 5.56 Å². The third-order valence-corrected chi connectivity index (χ3v) is 2.73. The lowest BCUT2D eigenvalue weighted by molar-refractivity contribution is -0.117. The molecule has 0 spiro atoms. The predicted molar refractivity (Wildman–Crippen MR) is 63.6 cm³/mol. The fourth-order valence-corrected chi connectivity index (χ4v) is 1.73. The van der Waals surface area contributed by atoms with Crippen LogP contribution in [0.15, 0.2) is 30.3 Å². The number of ketones is 1. The Bertz CT molecular complexity index is 493.